The predicted octanol–water partition coefficient (Wildman–Crippen LogP) is 2.67. The second-order valence-electron chi connectivity index (χ2n) is 4.77. The van der Waals surface area contributed by atoms with Crippen molar-refractivity contribution in [2.75, 3.05) is 13.1 Å². The number of hydrogen-bond donors (Lipinski definition) is 1. The average Bonchev–Trinajstić information content (AvgIpc) is 2.27. The molecule has 4 nitrogen and oxygen atoms in total. The van der Waals surface area contributed by atoms with Crippen molar-refractivity contribution in [2.45, 2.75) is 24.6 Å². The van der Waals surface area contributed by atoms with Crippen LogP contribution in [-0.2, 0) is 15.8 Å². The average molecular weight is 360 g/mol. The van der Waals surface area contributed by atoms with Crippen LogP contribution >= 0.6 is 35.6 Å². The van der Waals surface area contributed by atoms with Gasteiger partial charge in [-0.25, -0.2) is 12.7 Å². The largest absolute Gasteiger partial charge is 0.328 e. The second kappa shape index (κ2) is 7.29. The minimum Gasteiger partial charge on any atom is -0.328 e. The lowest BCUT2D eigenvalue weighted by molar-refractivity contribution is 0.319. The molecule has 1 aliphatic rings. The topological polar surface area (TPSA) is 63.4 Å². The number of hydrogen-bond acceptors (Lipinski definition) is 3. The molecule has 0 bridgehead atoms. The van der Waals surface area contributed by atoms with E-state index >= 15 is 0 Å². The first kappa shape index (κ1) is 18.0. The van der Waals surface area contributed by atoms with Gasteiger partial charge < -0.3 is 5.73 Å². The Morgan fingerprint density at radius 3 is 2.15 bits per heavy atom. The maximum atomic E-state index is 12.3. The third-order valence-electron chi connectivity index (χ3n) is 3.16. The fourth-order valence-corrected chi connectivity index (χ4v) is 4.26. The lowest BCUT2D eigenvalue weighted by atomic mass is 10.1. The van der Waals surface area contributed by atoms with Gasteiger partial charge in [0.05, 0.1) is 5.75 Å². The number of benzene rings is 1. The molecule has 0 aromatic heterocycles. The third-order valence-corrected chi connectivity index (χ3v) is 5.45. The van der Waals surface area contributed by atoms with E-state index in [1.54, 1.807) is 18.2 Å². The molecule has 20 heavy (non-hydrogen) atoms. The van der Waals surface area contributed by atoms with Crippen LogP contribution in [0.3, 0.4) is 0 Å². The fraction of sp³-hybridized carbons (Fsp3) is 0.500. The van der Waals surface area contributed by atoms with Crippen molar-refractivity contribution < 1.29 is 8.42 Å². The van der Waals surface area contributed by atoms with Crippen molar-refractivity contribution in [3.63, 3.8) is 0 Å². The van der Waals surface area contributed by atoms with Crippen LogP contribution in [0.1, 0.15) is 18.4 Å². The van der Waals surface area contributed by atoms with E-state index in [9.17, 15) is 8.42 Å². The van der Waals surface area contributed by atoms with Crippen molar-refractivity contribution >= 4 is 45.6 Å². The Hall–Kier alpha value is -0.0400. The minimum atomic E-state index is -3.33. The van der Waals surface area contributed by atoms with Gasteiger partial charge in [-0.05, 0) is 36.6 Å². The highest BCUT2D eigenvalue weighted by Crippen LogP contribution is 2.22. The van der Waals surface area contributed by atoms with Gasteiger partial charge in [0.1, 0.15) is 0 Å². The quantitative estimate of drug-likeness (QED) is 0.902. The highest BCUT2D eigenvalue weighted by Gasteiger charge is 2.26. The van der Waals surface area contributed by atoms with Gasteiger partial charge in [-0.15, -0.1) is 12.4 Å². The van der Waals surface area contributed by atoms with E-state index in [2.05, 4.69) is 0 Å². The minimum absolute atomic E-state index is 0. The molecule has 1 aliphatic heterocycles. The Morgan fingerprint density at radius 2 is 1.65 bits per heavy atom. The van der Waals surface area contributed by atoms with Crippen molar-refractivity contribution in [2.24, 2.45) is 5.73 Å². The molecule has 0 unspecified atom stereocenters. The summed E-state index contributed by atoms with van der Waals surface area (Å²) in [6.45, 7) is 0.968. The van der Waals surface area contributed by atoms with E-state index in [0.29, 0.717) is 41.5 Å². The van der Waals surface area contributed by atoms with Crippen LogP contribution in [0.5, 0.6) is 0 Å². The van der Waals surface area contributed by atoms with Gasteiger partial charge in [0.25, 0.3) is 0 Å². The summed E-state index contributed by atoms with van der Waals surface area (Å²) in [6.07, 6.45) is 1.41. The molecule has 0 atom stereocenters. The molecule has 0 aliphatic carbocycles. The summed E-state index contributed by atoms with van der Waals surface area (Å²) in [5, 5.41) is 0.886. The Balaban J connectivity index is 0.00000200. The van der Waals surface area contributed by atoms with Gasteiger partial charge >= 0.3 is 0 Å². The van der Waals surface area contributed by atoms with Gasteiger partial charge in [-0.2, -0.15) is 0 Å². The Bertz CT molecular complexity index is 538. The van der Waals surface area contributed by atoms with Gasteiger partial charge in [0, 0.05) is 29.2 Å². The molecule has 114 valence electrons. The molecular formula is C12H17Cl3N2O2S. The zero-order valence-corrected chi connectivity index (χ0v) is 13.9. The SMILES string of the molecule is Cl.NC1CCN(S(=O)(=O)Cc2cc(Cl)cc(Cl)c2)CC1. The molecule has 1 fully saturated rings. The van der Waals surface area contributed by atoms with Crippen molar-refractivity contribution in [3.05, 3.63) is 33.8 Å². The van der Waals surface area contributed by atoms with Crippen LogP contribution in [0.2, 0.25) is 10.0 Å². The summed E-state index contributed by atoms with van der Waals surface area (Å²) < 4.78 is 26.1. The predicted molar refractivity (Wildman–Crippen MR) is 85.1 cm³/mol. The second-order valence-corrected chi connectivity index (χ2v) is 7.61. The Kier molecular flexibility index (Phi) is 6.57. The first-order chi connectivity index (χ1) is 8.87. The third kappa shape index (κ3) is 4.76. The van der Waals surface area contributed by atoms with Crippen LogP contribution in [0, 0.1) is 0 Å². The van der Waals surface area contributed by atoms with Gasteiger partial charge in [-0.1, -0.05) is 23.2 Å². The van der Waals surface area contributed by atoms with E-state index in [1.165, 1.54) is 4.31 Å². The molecule has 8 heteroatoms. The molecule has 2 N–H and O–H groups in total. The van der Waals surface area contributed by atoms with Crippen LogP contribution in [0.4, 0.5) is 0 Å². The van der Waals surface area contributed by atoms with Crippen LogP contribution in [0.15, 0.2) is 18.2 Å². The van der Waals surface area contributed by atoms with E-state index < -0.39 is 10.0 Å². The molecule has 0 saturated carbocycles. The molecule has 1 heterocycles. The number of piperidine rings is 1. The van der Waals surface area contributed by atoms with E-state index in [-0.39, 0.29) is 24.2 Å². The summed E-state index contributed by atoms with van der Waals surface area (Å²) in [6, 6.07) is 4.94. The molecule has 2 rings (SSSR count). The number of nitrogens with zero attached hydrogens (tertiary/aromatic N) is 1. The summed E-state index contributed by atoms with van der Waals surface area (Å²) >= 11 is 11.7. The summed E-state index contributed by atoms with van der Waals surface area (Å²) in [4.78, 5) is 0. The van der Waals surface area contributed by atoms with Crippen molar-refractivity contribution in [1.29, 1.82) is 0 Å². The van der Waals surface area contributed by atoms with E-state index in [4.69, 9.17) is 28.9 Å². The van der Waals surface area contributed by atoms with Gasteiger partial charge in [0.2, 0.25) is 10.0 Å². The maximum Gasteiger partial charge on any atom is 0.218 e. The number of rotatable bonds is 3. The van der Waals surface area contributed by atoms with Crippen molar-refractivity contribution in [1.82, 2.24) is 4.31 Å². The normalized spacial score (nSPS) is 17.8. The Labute approximate surface area is 135 Å². The maximum absolute atomic E-state index is 12.3. The Morgan fingerprint density at radius 1 is 1.15 bits per heavy atom. The highest BCUT2D eigenvalue weighted by molar-refractivity contribution is 7.88. The smallest absolute Gasteiger partial charge is 0.218 e. The number of nitrogens with two attached hydrogens (primary N) is 1. The van der Waals surface area contributed by atoms with Crippen LogP contribution < -0.4 is 5.73 Å². The molecule has 0 spiro atoms. The number of halogens is 3. The van der Waals surface area contributed by atoms with Crippen LogP contribution in [-0.4, -0.2) is 31.9 Å². The molecule has 0 radical (unpaired) electrons. The van der Waals surface area contributed by atoms with E-state index in [0.717, 1.165) is 0 Å². The molecule has 1 aromatic carbocycles. The van der Waals surface area contributed by atoms with Gasteiger partial charge in [-0.3, -0.25) is 0 Å². The standard InChI is InChI=1S/C12H16Cl2N2O2S.ClH/c13-10-5-9(6-11(14)7-10)8-19(17,18)16-3-1-12(15)2-4-16;/h5-7,12H,1-4,8,15H2;1H. The molecule has 1 saturated heterocycles. The summed E-state index contributed by atoms with van der Waals surface area (Å²) in [7, 11) is -3.33. The molecule has 0 amide bonds. The van der Waals surface area contributed by atoms with E-state index in [1.807, 2.05) is 0 Å². The number of sulfonamides is 1. The first-order valence-corrected chi connectivity index (χ1v) is 8.42. The lowest BCUT2D eigenvalue weighted by Crippen LogP contribution is -2.43. The molecule has 1 aromatic rings. The monoisotopic (exact) mass is 358 g/mol. The zero-order valence-electron chi connectivity index (χ0n) is 10.8. The lowest BCUT2D eigenvalue weighted by Gasteiger charge is -2.29. The van der Waals surface area contributed by atoms with Crippen molar-refractivity contribution in [3.8, 4) is 0 Å². The first-order valence-electron chi connectivity index (χ1n) is 6.05. The highest BCUT2D eigenvalue weighted by atomic mass is 35.5. The van der Waals surface area contributed by atoms with Gasteiger partial charge in [0.15, 0.2) is 0 Å². The summed E-state index contributed by atoms with van der Waals surface area (Å²) in [5.41, 5.74) is 6.38. The summed E-state index contributed by atoms with van der Waals surface area (Å²) in [5.74, 6) is -0.0808. The zero-order chi connectivity index (χ0) is 14.0. The molecular weight excluding hydrogens is 343 g/mol. The fourth-order valence-electron chi connectivity index (χ4n) is 2.15. The van der Waals surface area contributed by atoms with Crippen LogP contribution in [0.25, 0.3) is 0 Å².